The largest absolute Gasteiger partial charge is 0.496 e. The van der Waals surface area contributed by atoms with Gasteiger partial charge in [-0.3, -0.25) is 0 Å². The first-order valence-corrected chi connectivity index (χ1v) is 9.42. The molecule has 0 amide bonds. The van der Waals surface area contributed by atoms with Crippen LogP contribution in [0, 0.1) is 6.92 Å². The summed E-state index contributed by atoms with van der Waals surface area (Å²) in [5, 5.41) is 14.5. The fraction of sp³-hybridized carbons (Fsp3) is 0.143. The van der Waals surface area contributed by atoms with E-state index in [0.717, 1.165) is 44.7 Å². The lowest BCUT2D eigenvalue weighted by Crippen LogP contribution is -2.03. The second-order valence-electron chi connectivity index (χ2n) is 6.35. The molecule has 0 aliphatic rings. The summed E-state index contributed by atoms with van der Waals surface area (Å²) in [6, 6.07) is 11.3. The Labute approximate surface area is 160 Å². The van der Waals surface area contributed by atoms with Crippen LogP contribution >= 0.6 is 11.3 Å². The van der Waals surface area contributed by atoms with Crippen LogP contribution in [-0.2, 0) is 6.42 Å². The Kier molecular flexibility index (Phi) is 4.41. The van der Waals surface area contributed by atoms with E-state index in [-0.39, 0.29) is 5.69 Å². The Morgan fingerprint density at radius 2 is 2.15 bits per heavy atom. The Bertz CT molecular complexity index is 1130. The molecule has 4 rings (SSSR count). The van der Waals surface area contributed by atoms with Gasteiger partial charge >= 0.3 is 5.97 Å². The highest BCUT2D eigenvalue weighted by molar-refractivity contribution is 7.08. The van der Waals surface area contributed by atoms with E-state index >= 15 is 0 Å². The van der Waals surface area contributed by atoms with E-state index in [9.17, 15) is 9.90 Å². The molecule has 27 heavy (non-hydrogen) atoms. The third-order valence-corrected chi connectivity index (χ3v) is 5.30. The summed E-state index contributed by atoms with van der Waals surface area (Å²) in [5.74, 6) is -0.187. The molecule has 0 atom stereocenters. The van der Waals surface area contributed by atoms with Gasteiger partial charge in [0.1, 0.15) is 11.4 Å². The molecule has 0 radical (unpaired) electrons. The molecule has 3 aromatic heterocycles. The van der Waals surface area contributed by atoms with Crippen molar-refractivity contribution >= 4 is 28.2 Å². The van der Waals surface area contributed by atoms with Crippen molar-refractivity contribution in [3.8, 4) is 17.0 Å². The molecule has 0 aliphatic heterocycles. The van der Waals surface area contributed by atoms with Crippen molar-refractivity contribution in [3.05, 3.63) is 69.7 Å². The number of H-pyrrole nitrogens is 1. The standard InChI is InChI=1S/C21H18N2O3S/c1-12-8-15-16(9-14-4-3-5-17(22-14)21(24)25)20(13-6-7-27-11-13)23-18(15)10-19(12)26-2/h3-8,10-11,23H,9H2,1-2H3,(H,24,25). The van der Waals surface area contributed by atoms with Gasteiger partial charge in [-0.05, 0) is 47.7 Å². The smallest absolute Gasteiger partial charge is 0.354 e. The lowest BCUT2D eigenvalue weighted by atomic mass is 10.0. The summed E-state index contributed by atoms with van der Waals surface area (Å²) in [5.41, 5.74) is 6.06. The Balaban J connectivity index is 1.89. The van der Waals surface area contributed by atoms with Crippen molar-refractivity contribution in [2.75, 3.05) is 7.11 Å². The van der Waals surface area contributed by atoms with Gasteiger partial charge in [-0.25, -0.2) is 9.78 Å². The van der Waals surface area contributed by atoms with Gasteiger partial charge in [0, 0.05) is 40.0 Å². The molecule has 0 spiro atoms. The van der Waals surface area contributed by atoms with Gasteiger partial charge < -0.3 is 14.8 Å². The van der Waals surface area contributed by atoms with Crippen LogP contribution in [0.2, 0.25) is 0 Å². The van der Waals surface area contributed by atoms with Crippen molar-refractivity contribution < 1.29 is 14.6 Å². The average Bonchev–Trinajstić information content (AvgIpc) is 3.30. The minimum Gasteiger partial charge on any atom is -0.496 e. The summed E-state index contributed by atoms with van der Waals surface area (Å²) < 4.78 is 5.46. The van der Waals surface area contributed by atoms with Crippen LogP contribution in [0.5, 0.6) is 5.75 Å². The molecule has 0 fully saturated rings. The number of aromatic amines is 1. The molecule has 0 unspecified atom stereocenters. The zero-order valence-corrected chi connectivity index (χ0v) is 15.8. The second kappa shape index (κ2) is 6.89. The monoisotopic (exact) mass is 378 g/mol. The SMILES string of the molecule is COc1cc2[nH]c(-c3ccsc3)c(Cc3cccc(C(=O)O)n3)c2cc1C. The Morgan fingerprint density at radius 1 is 1.30 bits per heavy atom. The maximum absolute atomic E-state index is 11.3. The van der Waals surface area contributed by atoms with Gasteiger partial charge in [-0.1, -0.05) is 6.07 Å². The number of benzene rings is 1. The highest BCUT2D eigenvalue weighted by atomic mass is 32.1. The third kappa shape index (κ3) is 3.19. The number of aryl methyl sites for hydroxylation is 1. The first kappa shape index (κ1) is 17.3. The van der Waals surface area contributed by atoms with Crippen LogP contribution in [0.3, 0.4) is 0 Å². The molecule has 0 aliphatic carbocycles. The number of carbonyl (C=O) groups is 1. The number of methoxy groups -OCH3 is 1. The zero-order chi connectivity index (χ0) is 19.0. The molecule has 2 N–H and O–H groups in total. The number of aromatic nitrogens is 2. The highest BCUT2D eigenvalue weighted by Gasteiger charge is 2.17. The molecule has 3 heterocycles. The first-order valence-electron chi connectivity index (χ1n) is 8.48. The number of pyridine rings is 1. The highest BCUT2D eigenvalue weighted by Crippen LogP contribution is 2.36. The summed E-state index contributed by atoms with van der Waals surface area (Å²) in [7, 11) is 1.67. The Morgan fingerprint density at radius 3 is 2.85 bits per heavy atom. The predicted molar refractivity (Wildman–Crippen MR) is 107 cm³/mol. The van der Waals surface area contributed by atoms with Crippen molar-refractivity contribution in [3.63, 3.8) is 0 Å². The maximum atomic E-state index is 11.3. The van der Waals surface area contributed by atoms with Crippen molar-refractivity contribution in [1.29, 1.82) is 0 Å². The maximum Gasteiger partial charge on any atom is 0.354 e. The van der Waals surface area contributed by atoms with E-state index in [4.69, 9.17) is 4.74 Å². The quantitative estimate of drug-likeness (QED) is 0.518. The van der Waals surface area contributed by atoms with E-state index in [1.54, 1.807) is 24.5 Å². The number of thiophene rings is 1. The summed E-state index contributed by atoms with van der Waals surface area (Å²) in [6.45, 7) is 2.02. The van der Waals surface area contributed by atoms with E-state index < -0.39 is 5.97 Å². The van der Waals surface area contributed by atoms with Gasteiger partial charge in [0.2, 0.25) is 0 Å². The van der Waals surface area contributed by atoms with E-state index in [1.165, 1.54) is 6.07 Å². The van der Waals surface area contributed by atoms with Gasteiger partial charge in [0.15, 0.2) is 0 Å². The number of aromatic carboxylic acids is 1. The van der Waals surface area contributed by atoms with E-state index in [0.29, 0.717) is 6.42 Å². The van der Waals surface area contributed by atoms with E-state index in [1.807, 2.05) is 24.4 Å². The number of hydrogen-bond donors (Lipinski definition) is 2. The molecule has 6 heteroatoms. The topological polar surface area (TPSA) is 75.2 Å². The fourth-order valence-electron chi connectivity index (χ4n) is 3.32. The minimum atomic E-state index is -1.02. The van der Waals surface area contributed by atoms with Crippen molar-refractivity contribution in [2.24, 2.45) is 0 Å². The third-order valence-electron chi connectivity index (χ3n) is 4.62. The molecule has 136 valence electrons. The number of carboxylic acids is 1. The second-order valence-corrected chi connectivity index (χ2v) is 7.13. The predicted octanol–water partition coefficient (Wildman–Crippen LogP) is 4.90. The Hall–Kier alpha value is -3.12. The van der Waals surface area contributed by atoms with Crippen LogP contribution in [-0.4, -0.2) is 28.2 Å². The van der Waals surface area contributed by atoms with Crippen LogP contribution < -0.4 is 4.74 Å². The number of nitrogens with zero attached hydrogens (tertiary/aromatic N) is 1. The number of carboxylic acid groups (broad SMARTS) is 1. The molecule has 1 aromatic carbocycles. The van der Waals surface area contributed by atoms with Crippen molar-refractivity contribution in [2.45, 2.75) is 13.3 Å². The summed E-state index contributed by atoms with van der Waals surface area (Å²) >= 11 is 1.64. The lowest BCUT2D eigenvalue weighted by molar-refractivity contribution is 0.0690. The normalized spacial score (nSPS) is 11.0. The summed E-state index contributed by atoms with van der Waals surface area (Å²) in [4.78, 5) is 19.1. The number of fused-ring (bicyclic) bond motifs is 1. The van der Waals surface area contributed by atoms with Crippen LogP contribution in [0.4, 0.5) is 0 Å². The lowest BCUT2D eigenvalue weighted by Gasteiger charge is -2.07. The van der Waals surface area contributed by atoms with Gasteiger partial charge in [0.05, 0.1) is 12.8 Å². The molecule has 0 bridgehead atoms. The van der Waals surface area contributed by atoms with Crippen LogP contribution in [0.15, 0.2) is 47.2 Å². The summed E-state index contributed by atoms with van der Waals surface area (Å²) in [6.07, 6.45) is 0.540. The minimum absolute atomic E-state index is 0.0577. The molecular weight excluding hydrogens is 360 g/mol. The fourth-order valence-corrected chi connectivity index (χ4v) is 3.97. The molecule has 0 saturated carbocycles. The molecule has 0 saturated heterocycles. The molecule has 5 nitrogen and oxygen atoms in total. The van der Waals surface area contributed by atoms with Crippen molar-refractivity contribution in [1.82, 2.24) is 9.97 Å². The van der Waals surface area contributed by atoms with Crippen LogP contribution in [0.1, 0.15) is 27.3 Å². The van der Waals surface area contributed by atoms with Crippen LogP contribution in [0.25, 0.3) is 22.2 Å². The molecule has 4 aromatic rings. The average molecular weight is 378 g/mol. The number of nitrogens with one attached hydrogen (secondary N) is 1. The molecular formula is C21H18N2O3S. The van der Waals surface area contributed by atoms with E-state index in [2.05, 4.69) is 27.5 Å². The van der Waals surface area contributed by atoms with Gasteiger partial charge in [0.25, 0.3) is 0 Å². The first-order chi connectivity index (χ1) is 13.1. The van der Waals surface area contributed by atoms with Gasteiger partial charge in [-0.2, -0.15) is 11.3 Å². The number of ether oxygens (including phenoxy) is 1. The number of hydrogen-bond acceptors (Lipinski definition) is 4. The van der Waals surface area contributed by atoms with Gasteiger partial charge in [-0.15, -0.1) is 0 Å². The number of rotatable bonds is 5. The zero-order valence-electron chi connectivity index (χ0n) is 14.9.